The number of nitrogens with zero attached hydrogens (tertiary/aromatic N) is 3. The Balaban J connectivity index is 2.42. The van der Waals surface area contributed by atoms with Crippen molar-refractivity contribution >= 4 is 21.9 Å². The molecule has 0 aromatic carbocycles. The standard InChI is InChI=1S/C13H16BrN3O2/c1-4-9-11(14)10(16(3)15-9)7-17-6-5-8(2)12(17)13(18)19/h5-6H,4,7H2,1-3H3,(H,18,19). The highest BCUT2D eigenvalue weighted by Gasteiger charge is 2.17. The van der Waals surface area contributed by atoms with Gasteiger partial charge in [0.05, 0.1) is 22.4 Å². The third-order valence-corrected chi connectivity index (χ3v) is 4.11. The summed E-state index contributed by atoms with van der Waals surface area (Å²) in [6, 6.07) is 1.81. The second-order valence-electron chi connectivity index (χ2n) is 4.46. The summed E-state index contributed by atoms with van der Waals surface area (Å²) < 4.78 is 4.49. The minimum atomic E-state index is -0.906. The van der Waals surface area contributed by atoms with Crippen molar-refractivity contribution in [3.63, 3.8) is 0 Å². The minimum absolute atomic E-state index is 0.325. The van der Waals surface area contributed by atoms with Crippen LogP contribution in [0.5, 0.6) is 0 Å². The van der Waals surface area contributed by atoms with Gasteiger partial charge in [0.2, 0.25) is 0 Å². The molecule has 0 aliphatic carbocycles. The molecule has 6 heteroatoms. The summed E-state index contributed by atoms with van der Waals surface area (Å²) in [7, 11) is 1.87. The third-order valence-electron chi connectivity index (χ3n) is 3.19. The van der Waals surface area contributed by atoms with Crippen LogP contribution < -0.4 is 0 Å². The Morgan fingerprint density at radius 1 is 1.53 bits per heavy atom. The number of carbonyl (C=O) groups is 1. The van der Waals surface area contributed by atoms with E-state index in [1.807, 2.05) is 20.0 Å². The summed E-state index contributed by atoms with van der Waals surface area (Å²) in [4.78, 5) is 11.3. The molecule has 0 bridgehead atoms. The van der Waals surface area contributed by atoms with Gasteiger partial charge >= 0.3 is 5.97 Å². The largest absolute Gasteiger partial charge is 0.477 e. The van der Waals surface area contributed by atoms with Crippen molar-refractivity contribution in [1.82, 2.24) is 14.3 Å². The fourth-order valence-corrected chi connectivity index (χ4v) is 2.90. The van der Waals surface area contributed by atoms with Crippen molar-refractivity contribution in [2.45, 2.75) is 26.8 Å². The van der Waals surface area contributed by atoms with Crippen LogP contribution >= 0.6 is 15.9 Å². The van der Waals surface area contributed by atoms with Crippen molar-refractivity contribution < 1.29 is 9.90 Å². The van der Waals surface area contributed by atoms with Gasteiger partial charge in [0.1, 0.15) is 5.69 Å². The van der Waals surface area contributed by atoms with Gasteiger partial charge in [0.25, 0.3) is 0 Å². The van der Waals surface area contributed by atoms with E-state index in [-0.39, 0.29) is 0 Å². The lowest BCUT2D eigenvalue weighted by Crippen LogP contribution is -2.12. The average molecular weight is 326 g/mol. The van der Waals surface area contributed by atoms with Crippen LogP contribution in [0.25, 0.3) is 0 Å². The lowest BCUT2D eigenvalue weighted by molar-refractivity contribution is 0.0684. The zero-order valence-electron chi connectivity index (χ0n) is 11.1. The first-order chi connectivity index (χ1) is 8.95. The Morgan fingerprint density at radius 2 is 2.21 bits per heavy atom. The second-order valence-corrected chi connectivity index (χ2v) is 5.26. The summed E-state index contributed by atoms with van der Waals surface area (Å²) in [6.45, 7) is 4.33. The second kappa shape index (κ2) is 5.21. The number of hydrogen-bond acceptors (Lipinski definition) is 2. The predicted molar refractivity (Wildman–Crippen MR) is 75.5 cm³/mol. The summed E-state index contributed by atoms with van der Waals surface area (Å²) >= 11 is 3.54. The normalized spacial score (nSPS) is 10.9. The lowest BCUT2D eigenvalue weighted by Gasteiger charge is -2.08. The first-order valence-corrected chi connectivity index (χ1v) is 6.84. The summed E-state index contributed by atoms with van der Waals surface area (Å²) in [6.07, 6.45) is 2.63. The maximum atomic E-state index is 11.3. The quantitative estimate of drug-likeness (QED) is 0.939. The van der Waals surface area contributed by atoms with Crippen molar-refractivity contribution in [1.29, 1.82) is 0 Å². The zero-order valence-corrected chi connectivity index (χ0v) is 12.7. The van der Waals surface area contributed by atoms with E-state index in [0.29, 0.717) is 12.2 Å². The number of hydrogen-bond donors (Lipinski definition) is 1. The topological polar surface area (TPSA) is 60.0 Å². The van der Waals surface area contributed by atoms with Crippen molar-refractivity contribution in [2.75, 3.05) is 0 Å². The SMILES string of the molecule is CCc1nn(C)c(Cn2ccc(C)c2C(=O)O)c1Br. The number of aromatic nitrogens is 3. The predicted octanol–water partition coefficient (Wildman–Crippen LogP) is 2.60. The average Bonchev–Trinajstić information content (AvgIpc) is 2.84. The molecule has 0 saturated heterocycles. The van der Waals surface area contributed by atoms with Gasteiger partial charge in [-0.3, -0.25) is 4.68 Å². The molecule has 0 aliphatic heterocycles. The van der Waals surface area contributed by atoms with Crippen LogP contribution in [-0.2, 0) is 20.0 Å². The fourth-order valence-electron chi connectivity index (χ4n) is 2.16. The first kappa shape index (κ1) is 13.9. The van der Waals surface area contributed by atoms with Gasteiger partial charge in [-0.1, -0.05) is 6.92 Å². The molecule has 2 rings (SSSR count). The van der Waals surface area contributed by atoms with Crippen LogP contribution in [0.2, 0.25) is 0 Å². The maximum absolute atomic E-state index is 11.3. The lowest BCUT2D eigenvalue weighted by atomic mass is 10.2. The molecule has 0 radical (unpaired) electrons. The Labute approximate surface area is 120 Å². The van der Waals surface area contributed by atoms with Crippen LogP contribution in [-0.4, -0.2) is 25.4 Å². The molecule has 2 aromatic heterocycles. The van der Waals surface area contributed by atoms with E-state index < -0.39 is 5.97 Å². The summed E-state index contributed by atoms with van der Waals surface area (Å²) in [5, 5.41) is 13.7. The van der Waals surface area contributed by atoms with E-state index in [1.54, 1.807) is 22.4 Å². The van der Waals surface area contributed by atoms with Gasteiger partial charge in [-0.05, 0) is 40.9 Å². The molecule has 0 spiro atoms. The van der Waals surface area contributed by atoms with Crippen molar-refractivity contribution in [3.8, 4) is 0 Å². The van der Waals surface area contributed by atoms with Crippen LogP contribution in [0.4, 0.5) is 0 Å². The Bertz CT molecular complexity index is 628. The smallest absolute Gasteiger partial charge is 0.352 e. The van der Waals surface area contributed by atoms with Gasteiger partial charge in [0.15, 0.2) is 0 Å². The molecule has 0 atom stereocenters. The highest BCUT2D eigenvalue weighted by Crippen LogP contribution is 2.23. The number of carboxylic acid groups (broad SMARTS) is 1. The maximum Gasteiger partial charge on any atom is 0.352 e. The Morgan fingerprint density at radius 3 is 2.74 bits per heavy atom. The van der Waals surface area contributed by atoms with E-state index >= 15 is 0 Å². The Hall–Kier alpha value is -1.56. The van der Waals surface area contributed by atoms with Gasteiger partial charge in [0, 0.05) is 13.2 Å². The van der Waals surface area contributed by atoms with E-state index in [9.17, 15) is 9.90 Å². The first-order valence-electron chi connectivity index (χ1n) is 6.05. The van der Waals surface area contributed by atoms with E-state index in [0.717, 1.165) is 27.8 Å². The molecule has 0 amide bonds. The molecule has 5 nitrogen and oxygen atoms in total. The number of halogens is 1. The summed E-state index contributed by atoms with van der Waals surface area (Å²) in [5.74, 6) is -0.906. The number of aryl methyl sites for hydroxylation is 3. The number of rotatable bonds is 4. The molecule has 0 fully saturated rings. The van der Waals surface area contributed by atoms with Crippen LogP contribution in [0, 0.1) is 6.92 Å². The van der Waals surface area contributed by atoms with E-state index in [2.05, 4.69) is 21.0 Å². The highest BCUT2D eigenvalue weighted by molar-refractivity contribution is 9.10. The molecule has 0 saturated carbocycles. The summed E-state index contributed by atoms with van der Waals surface area (Å²) in [5.41, 5.74) is 3.04. The fraction of sp³-hybridized carbons (Fsp3) is 0.385. The van der Waals surface area contributed by atoms with Gasteiger partial charge in [-0.15, -0.1) is 0 Å². The van der Waals surface area contributed by atoms with Crippen LogP contribution in [0.15, 0.2) is 16.7 Å². The zero-order chi connectivity index (χ0) is 14.2. The molecular weight excluding hydrogens is 310 g/mol. The Kier molecular flexibility index (Phi) is 3.80. The molecule has 2 heterocycles. The molecular formula is C13H16BrN3O2. The number of carboxylic acids is 1. The van der Waals surface area contributed by atoms with Gasteiger partial charge < -0.3 is 9.67 Å². The van der Waals surface area contributed by atoms with Crippen LogP contribution in [0.1, 0.15) is 34.4 Å². The highest BCUT2D eigenvalue weighted by atomic mass is 79.9. The monoisotopic (exact) mass is 325 g/mol. The van der Waals surface area contributed by atoms with E-state index in [4.69, 9.17) is 0 Å². The van der Waals surface area contributed by atoms with Crippen molar-refractivity contribution in [2.24, 2.45) is 7.05 Å². The van der Waals surface area contributed by atoms with E-state index in [1.165, 1.54) is 0 Å². The van der Waals surface area contributed by atoms with Crippen LogP contribution in [0.3, 0.4) is 0 Å². The minimum Gasteiger partial charge on any atom is -0.477 e. The molecule has 2 aromatic rings. The number of aromatic carboxylic acids is 1. The molecule has 19 heavy (non-hydrogen) atoms. The van der Waals surface area contributed by atoms with Gasteiger partial charge in [-0.25, -0.2) is 4.79 Å². The third kappa shape index (κ3) is 2.45. The molecule has 102 valence electrons. The van der Waals surface area contributed by atoms with Crippen molar-refractivity contribution in [3.05, 3.63) is 39.4 Å². The molecule has 1 N–H and O–H groups in total. The molecule has 0 unspecified atom stereocenters. The van der Waals surface area contributed by atoms with Gasteiger partial charge in [-0.2, -0.15) is 5.10 Å². The molecule has 0 aliphatic rings.